The zero-order valence-electron chi connectivity index (χ0n) is 19.6. The van der Waals surface area contributed by atoms with Gasteiger partial charge in [0.15, 0.2) is 11.5 Å². The first-order valence-corrected chi connectivity index (χ1v) is 11.9. The van der Waals surface area contributed by atoms with Crippen LogP contribution in [0.2, 0.25) is 0 Å². The molecule has 0 bridgehead atoms. The predicted molar refractivity (Wildman–Crippen MR) is 130 cm³/mol. The first-order valence-electron chi connectivity index (χ1n) is 11.9. The molecule has 0 amide bonds. The lowest BCUT2D eigenvalue weighted by Gasteiger charge is -2.32. The molecular formula is C26H32N6O. The molecule has 3 N–H and O–H groups in total. The molecular weight excluding hydrogens is 412 g/mol. The van der Waals surface area contributed by atoms with Gasteiger partial charge in [-0.3, -0.25) is 0 Å². The Morgan fingerprint density at radius 3 is 2.52 bits per heavy atom. The number of benzene rings is 1. The number of aliphatic imine (C=N–C) groups is 1. The monoisotopic (exact) mass is 444 g/mol. The molecule has 2 aliphatic rings. The van der Waals surface area contributed by atoms with Crippen molar-refractivity contribution in [2.45, 2.75) is 70.8 Å². The van der Waals surface area contributed by atoms with Gasteiger partial charge in [0.1, 0.15) is 17.8 Å². The Morgan fingerprint density at radius 1 is 1.06 bits per heavy atom. The second kappa shape index (κ2) is 8.61. The number of H-pyrrole nitrogens is 1. The highest BCUT2D eigenvalue weighted by molar-refractivity contribution is 6.09. The fourth-order valence-corrected chi connectivity index (χ4v) is 5.16. The van der Waals surface area contributed by atoms with Crippen LogP contribution >= 0.6 is 0 Å². The summed E-state index contributed by atoms with van der Waals surface area (Å²) in [6.45, 7) is 6.03. The van der Waals surface area contributed by atoms with Crippen molar-refractivity contribution in [1.82, 2.24) is 19.9 Å². The number of fused-ring (bicyclic) bond motifs is 1. The largest absolute Gasteiger partial charge is 0.463 e. The number of imidazole rings is 1. The van der Waals surface area contributed by atoms with Crippen molar-refractivity contribution < 1.29 is 4.74 Å². The SMILES string of the molecule is Cc1ncc(CCC2CCC(c3ccc(C4=Nc5c(N)ncnc5OC4(C)C)cc3)CC2)[nH]1. The third-order valence-corrected chi connectivity index (χ3v) is 7.04. The maximum absolute atomic E-state index is 6.11. The number of nitrogens with one attached hydrogen (secondary N) is 1. The summed E-state index contributed by atoms with van der Waals surface area (Å²) in [6.07, 6.45) is 10.8. The van der Waals surface area contributed by atoms with Gasteiger partial charge in [0.25, 0.3) is 0 Å². The zero-order valence-corrected chi connectivity index (χ0v) is 19.6. The summed E-state index contributed by atoms with van der Waals surface area (Å²) in [7, 11) is 0. The number of aryl methyl sites for hydroxylation is 2. The molecule has 3 aromatic rings. The second-order valence-electron chi connectivity index (χ2n) is 9.86. The minimum Gasteiger partial charge on any atom is -0.463 e. The molecule has 1 aliphatic carbocycles. The molecule has 0 radical (unpaired) electrons. The molecule has 0 saturated heterocycles. The number of hydrogen-bond acceptors (Lipinski definition) is 6. The molecule has 0 unspecified atom stereocenters. The quantitative estimate of drug-likeness (QED) is 0.557. The average Bonchev–Trinajstić information content (AvgIpc) is 3.22. The highest BCUT2D eigenvalue weighted by Crippen LogP contribution is 2.40. The number of aromatic amines is 1. The molecule has 1 fully saturated rings. The minimum absolute atomic E-state index is 0.337. The predicted octanol–water partition coefficient (Wildman–Crippen LogP) is 5.29. The summed E-state index contributed by atoms with van der Waals surface area (Å²) in [5, 5.41) is 0. The third-order valence-electron chi connectivity index (χ3n) is 7.04. The maximum atomic E-state index is 6.11. The van der Waals surface area contributed by atoms with Gasteiger partial charge in [-0.1, -0.05) is 24.3 Å². The smallest absolute Gasteiger partial charge is 0.246 e. The fraction of sp³-hybridized carbons (Fsp3) is 0.462. The minimum atomic E-state index is -0.597. The zero-order chi connectivity index (χ0) is 23.0. The van der Waals surface area contributed by atoms with E-state index in [0.717, 1.165) is 29.4 Å². The van der Waals surface area contributed by atoms with E-state index in [-0.39, 0.29) is 0 Å². The molecule has 5 rings (SSSR count). The van der Waals surface area contributed by atoms with Crippen molar-refractivity contribution in [2.24, 2.45) is 10.9 Å². The van der Waals surface area contributed by atoms with E-state index in [9.17, 15) is 0 Å². The van der Waals surface area contributed by atoms with E-state index in [2.05, 4.69) is 44.2 Å². The molecule has 1 aromatic carbocycles. The number of hydrogen-bond donors (Lipinski definition) is 2. The van der Waals surface area contributed by atoms with E-state index in [1.807, 2.05) is 27.0 Å². The molecule has 0 spiro atoms. The van der Waals surface area contributed by atoms with Crippen LogP contribution in [0, 0.1) is 12.8 Å². The fourth-order valence-electron chi connectivity index (χ4n) is 5.16. The lowest BCUT2D eigenvalue weighted by atomic mass is 9.77. The van der Waals surface area contributed by atoms with E-state index in [0.29, 0.717) is 23.3 Å². The lowest BCUT2D eigenvalue weighted by Crippen LogP contribution is -2.41. The third kappa shape index (κ3) is 4.49. The Kier molecular flexibility index (Phi) is 5.64. The molecule has 7 nitrogen and oxygen atoms in total. The van der Waals surface area contributed by atoms with Crippen molar-refractivity contribution >= 4 is 17.2 Å². The van der Waals surface area contributed by atoms with Gasteiger partial charge in [-0.15, -0.1) is 0 Å². The Balaban J connectivity index is 1.24. The molecule has 2 aromatic heterocycles. The summed E-state index contributed by atoms with van der Waals surface area (Å²) in [6, 6.07) is 8.84. The van der Waals surface area contributed by atoms with E-state index in [1.165, 1.54) is 49.7 Å². The van der Waals surface area contributed by atoms with E-state index in [4.69, 9.17) is 15.5 Å². The molecule has 1 saturated carbocycles. The first kappa shape index (κ1) is 21.6. The van der Waals surface area contributed by atoms with Crippen molar-refractivity contribution in [3.63, 3.8) is 0 Å². The van der Waals surface area contributed by atoms with Gasteiger partial charge < -0.3 is 15.5 Å². The summed E-state index contributed by atoms with van der Waals surface area (Å²) >= 11 is 0. The van der Waals surface area contributed by atoms with Crippen molar-refractivity contribution in [3.8, 4) is 5.88 Å². The number of anilines is 1. The number of nitrogen functional groups attached to an aromatic ring is 1. The van der Waals surface area contributed by atoms with Crippen LogP contribution in [-0.4, -0.2) is 31.2 Å². The maximum Gasteiger partial charge on any atom is 0.246 e. The number of ether oxygens (including phenoxy) is 1. The van der Waals surface area contributed by atoms with Crippen LogP contribution in [0.1, 0.15) is 74.5 Å². The molecule has 172 valence electrons. The molecule has 7 heteroatoms. The van der Waals surface area contributed by atoms with Gasteiger partial charge in [-0.25, -0.2) is 15.0 Å². The average molecular weight is 445 g/mol. The number of aromatic nitrogens is 4. The van der Waals surface area contributed by atoms with Crippen LogP contribution in [0.4, 0.5) is 11.5 Å². The molecule has 1 aliphatic heterocycles. The van der Waals surface area contributed by atoms with Gasteiger partial charge in [0.05, 0.1) is 5.71 Å². The van der Waals surface area contributed by atoms with Gasteiger partial charge in [0.2, 0.25) is 5.88 Å². The van der Waals surface area contributed by atoms with Gasteiger partial charge in [0, 0.05) is 17.5 Å². The van der Waals surface area contributed by atoms with E-state index >= 15 is 0 Å². The van der Waals surface area contributed by atoms with Gasteiger partial charge >= 0.3 is 0 Å². The summed E-state index contributed by atoms with van der Waals surface area (Å²) in [4.78, 5) is 20.7. The van der Waals surface area contributed by atoms with Crippen LogP contribution in [0.25, 0.3) is 0 Å². The first-order chi connectivity index (χ1) is 15.9. The standard InChI is InChI=1S/C26H32N6O/c1-16-28-14-21(31-16)13-6-17-4-7-18(8-5-17)19-9-11-20(12-10-19)23-26(2,3)33-25-22(32-23)24(27)29-15-30-25/h9-12,14-15,17-18H,4-8,13H2,1-3H3,(H,28,31)(H2,27,29,30). The lowest BCUT2D eigenvalue weighted by molar-refractivity contribution is 0.171. The summed E-state index contributed by atoms with van der Waals surface area (Å²) in [5.41, 5.74) is 10.5. The Bertz CT molecular complexity index is 1160. The molecule has 3 heterocycles. The summed E-state index contributed by atoms with van der Waals surface area (Å²) < 4.78 is 6.11. The van der Waals surface area contributed by atoms with Crippen LogP contribution in [0.5, 0.6) is 5.88 Å². The molecule has 33 heavy (non-hydrogen) atoms. The van der Waals surface area contributed by atoms with Crippen molar-refractivity contribution in [2.75, 3.05) is 5.73 Å². The van der Waals surface area contributed by atoms with Gasteiger partial charge in [-0.2, -0.15) is 4.98 Å². The highest BCUT2D eigenvalue weighted by Gasteiger charge is 2.35. The Morgan fingerprint density at radius 2 is 1.82 bits per heavy atom. The molecule has 0 atom stereocenters. The Labute approximate surface area is 194 Å². The summed E-state index contributed by atoms with van der Waals surface area (Å²) in [5.74, 6) is 3.22. The van der Waals surface area contributed by atoms with Crippen LogP contribution in [-0.2, 0) is 6.42 Å². The van der Waals surface area contributed by atoms with E-state index in [1.54, 1.807) is 0 Å². The van der Waals surface area contributed by atoms with Crippen molar-refractivity contribution in [1.29, 1.82) is 0 Å². The van der Waals surface area contributed by atoms with Gasteiger partial charge in [-0.05, 0) is 76.7 Å². The highest BCUT2D eigenvalue weighted by atomic mass is 16.5. The van der Waals surface area contributed by atoms with Crippen LogP contribution in [0.3, 0.4) is 0 Å². The van der Waals surface area contributed by atoms with Crippen molar-refractivity contribution in [3.05, 3.63) is 59.4 Å². The van der Waals surface area contributed by atoms with E-state index < -0.39 is 5.60 Å². The van der Waals surface area contributed by atoms with Crippen LogP contribution in [0.15, 0.2) is 41.8 Å². The number of nitrogens with two attached hydrogens (primary N) is 1. The normalized spacial score (nSPS) is 21.7. The second-order valence-corrected chi connectivity index (χ2v) is 9.86. The number of rotatable bonds is 5. The Hall–Kier alpha value is -3.22. The van der Waals surface area contributed by atoms with Crippen LogP contribution < -0.4 is 10.5 Å². The topological polar surface area (TPSA) is 102 Å². The number of nitrogens with zero attached hydrogens (tertiary/aromatic N) is 4.